The highest BCUT2D eigenvalue weighted by molar-refractivity contribution is 5.92. The summed E-state index contributed by atoms with van der Waals surface area (Å²) in [6, 6.07) is 10.2. The Morgan fingerprint density at radius 3 is 2.17 bits per heavy atom. The van der Waals surface area contributed by atoms with E-state index in [1.54, 1.807) is 17.3 Å². The Balaban J connectivity index is 2.12. The minimum Gasteiger partial charge on any atom is -0.351 e. The maximum Gasteiger partial charge on any atom is 0.274 e. The molecule has 0 saturated heterocycles. The zero-order chi connectivity index (χ0) is 16.7. The van der Waals surface area contributed by atoms with E-state index < -0.39 is 0 Å². The predicted octanol–water partition coefficient (Wildman–Crippen LogP) is 2.99. The Labute approximate surface area is 138 Å². The Morgan fingerprint density at radius 2 is 1.65 bits per heavy atom. The minimum atomic E-state index is -0.0693. The lowest BCUT2D eigenvalue weighted by Gasteiger charge is -2.22. The number of carbonyl (C=O) groups is 1. The van der Waals surface area contributed by atoms with Crippen LogP contribution >= 0.6 is 0 Å². The van der Waals surface area contributed by atoms with Gasteiger partial charge in [-0.05, 0) is 26.3 Å². The molecular formula is C18H24N4O. The van der Waals surface area contributed by atoms with E-state index in [1.165, 1.54) is 5.56 Å². The van der Waals surface area contributed by atoms with Crippen LogP contribution in [-0.2, 0) is 6.54 Å². The summed E-state index contributed by atoms with van der Waals surface area (Å²) in [4.78, 5) is 24.9. The Hall–Kier alpha value is -2.43. The third kappa shape index (κ3) is 4.28. The van der Waals surface area contributed by atoms with Crippen LogP contribution in [-0.4, -0.2) is 40.4 Å². The molecule has 2 aromatic rings. The molecule has 122 valence electrons. The summed E-state index contributed by atoms with van der Waals surface area (Å²) in [5.74, 6) is 0.715. The molecule has 1 amide bonds. The van der Waals surface area contributed by atoms with Crippen molar-refractivity contribution >= 4 is 11.7 Å². The first-order chi connectivity index (χ1) is 11.2. The van der Waals surface area contributed by atoms with Crippen LogP contribution in [0.4, 0.5) is 5.82 Å². The average Bonchev–Trinajstić information content (AvgIpc) is 2.61. The van der Waals surface area contributed by atoms with Crippen molar-refractivity contribution in [3.63, 3.8) is 0 Å². The SMILES string of the molecule is CCN(CC)C(=O)c1cnc(N(CC)Cc2ccccc2)cn1. The molecule has 1 heterocycles. The first-order valence-corrected chi connectivity index (χ1v) is 8.09. The number of carbonyl (C=O) groups excluding carboxylic acids is 1. The molecule has 0 saturated carbocycles. The van der Waals surface area contributed by atoms with Gasteiger partial charge in [-0.1, -0.05) is 30.3 Å². The van der Waals surface area contributed by atoms with E-state index in [1.807, 2.05) is 32.0 Å². The quantitative estimate of drug-likeness (QED) is 0.788. The van der Waals surface area contributed by atoms with E-state index in [9.17, 15) is 4.79 Å². The van der Waals surface area contributed by atoms with E-state index in [0.717, 1.165) is 18.9 Å². The number of benzene rings is 1. The van der Waals surface area contributed by atoms with Gasteiger partial charge in [0.25, 0.3) is 5.91 Å². The standard InChI is InChI=1S/C18H24N4O/c1-4-21(5-2)18(23)16-12-20-17(13-19-16)22(6-3)14-15-10-8-7-9-11-15/h7-13H,4-6,14H2,1-3H3. The van der Waals surface area contributed by atoms with E-state index in [0.29, 0.717) is 18.8 Å². The van der Waals surface area contributed by atoms with Gasteiger partial charge in [0.05, 0.1) is 12.4 Å². The van der Waals surface area contributed by atoms with Crippen LogP contribution in [0, 0.1) is 0 Å². The highest BCUT2D eigenvalue weighted by Gasteiger charge is 2.15. The molecule has 0 radical (unpaired) electrons. The van der Waals surface area contributed by atoms with Crippen LogP contribution in [0.1, 0.15) is 36.8 Å². The van der Waals surface area contributed by atoms with Crippen molar-refractivity contribution in [1.29, 1.82) is 0 Å². The van der Waals surface area contributed by atoms with Crippen molar-refractivity contribution in [1.82, 2.24) is 14.9 Å². The zero-order valence-electron chi connectivity index (χ0n) is 14.1. The second-order valence-electron chi connectivity index (χ2n) is 5.24. The lowest BCUT2D eigenvalue weighted by Crippen LogP contribution is -2.31. The molecule has 2 rings (SSSR count). The smallest absolute Gasteiger partial charge is 0.274 e. The van der Waals surface area contributed by atoms with E-state index in [4.69, 9.17) is 0 Å². The number of hydrogen-bond acceptors (Lipinski definition) is 4. The van der Waals surface area contributed by atoms with Gasteiger partial charge < -0.3 is 9.80 Å². The highest BCUT2D eigenvalue weighted by atomic mass is 16.2. The number of aromatic nitrogens is 2. The molecule has 0 atom stereocenters. The van der Waals surface area contributed by atoms with Gasteiger partial charge >= 0.3 is 0 Å². The molecule has 0 aliphatic heterocycles. The fourth-order valence-corrected chi connectivity index (χ4v) is 2.43. The molecule has 0 fully saturated rings. The molecule has 0 bridgehead atoms. The highest BCUT2D eigenvalue weighted by Crippen LogP contribution is 2.14. The fourth-order valence-electron chi connectivity index (χ4n) is 2.43. The molecule has 1 aromatic carbocycles. The van der Waals surface area contributed by atoms with Crippen LogP contribution in [0.2, 0.25) is 0 Å². The molecule has 1 aromatic heterocycles. The van der Waals surface area contributed by atoms with Crippen LogP contribution in [0.5, 0.6) is 0 Å². The Kier molecular flexibility index (Phi) is 6.09. The summed E-state index contributed by atoms with van der Waals surface area (Å²) in [5, 5.41) is 0. The van der Waals surface area contributed by atoms with Crippen LogP contribution in [0.3, 0.4) is 0 Å². The number of rotatable bonds is 7. The van der Waals surface area contributed by atoms with Gasteiger partial charge in [-0.3, -0.25) is 4.79 Å². The van der Waals surface area contributed by atoms with Gasteiger partial charge in [-0.15, -0.1) is 0 Å². The monoisotopic (exact) mass is 312 g/mol. The van der Waals surface area contributed by atoms with Crippen LogP contribution in [0.25, 0.3) is 0 Å². The van der Waals surface area contributed by atoms with Gasteiger partial charge in [0, 0.05) is 26.2 Å². The van der Waals surface area contributed by atoms with Gasteiger partial charge in [0.2, 0.25) is 0 Å². The molecular weight excluding hydrogens is 288 g/mol. The zero-order valence-corrected chi connectivity index (χ0v) is 14.1. The number of amides is 1. The van der Waals surface area contributed by atoms with E-state index >= 15 is 0 Å². The average molecular weight is 312 g/mol. The van der Waals surface area contributed by atoms with Crippen LogP contribution in [0.15, 0.2) is 42.7 Å². The van der Waals surface area contributed by atoms with Crippen LogP contribution < -0.4 is 4.90 Å². The Bertz CT molecular complexity index is 609. The summed E-state index contributed by atoms with van der Waals surface area (Å²) in [5.41, 5.74) is 1.62. The third-order valence-electron chi connectivity index (χ3n) is 3.83. The Morgan fingerprint density at radius 1 is 0.957 bits per heavy atom. The van der Waals surface area contributed by atoms with Gasteiger partial charge in [0.1, 0.15) is 11.5 Å². The fraction of sp³-hybridized carbons (Fsp3) is 0.389. The molecule has 5 nitrogen and oxygen atoms in total. The first kappa shape index (κ1) is 16.9. The lowest BCUT2D eigenvalue weighted by atomic mass is 10.2. The second kappa shape index (κ2) is 8.27. The normalized spacial score (nSPS) is 10.4. The topological polar surface area (TPSA) is 49.3 Å². The molecule has 5 heteroatoms. The maximum atomic E-state index is 12.3. The van der Waals surface area contributed by atoms with E-state index in [2.05, 4.69) is 33.9 Å². The summed E-state index contributed by atoms with van der Waals surface area (Å²) < 4.78 is 0. The molecule has 23 heavy (non-hydrogen) atoms. The molecule has 0 N–H and O–H groups in total. The number of nitrogens with zero attached hydrogens (tertiary/aromatic N) is 4. The largest absolute Gasteiger partial charge is 0.351 e. The molecule has 0 unspecified atom stereocenters. The lowest BCUT2D eigenvalue weighted by molar-refractivity contribution is 0.0766. The van der Waals surface area contributed by atoms with Gasteiger partial charge in [-0.2, -0.15) is 0 Å². The van der Waals surface area contributed by atoms with Crippen molar-refractivity contribution in [3.05, 3.63) is 54.0 Å². The van der Waals surface area contributed by atoms with Gasteiger partial charge in [-0.25, -0.2) is 9.97 Å². The third-order valence-corrected chi connectivity index (χ3v) is 3.83. The number of hydrogen-bond donors (Lipinski definition) is 0. The second-order valence-corrected chi connectivity index (χ2v) is 5.24. The first-order valence-electron chi connectivity index (χ1n) is 8.09. The van der Waals surface area contributed by atoms with Crippen molar-refractivity contribution in [2.75, 3.05) is 24.5 Å². The molecule has 0 spiro atoms. The summed E-state index contributed by atoms with van der Waals surface area (Å²) in [6.45, 7) is 8.95. The van der Waals surface area contributed by atoms with Crippen molar-refractivity contribution in [2.24, 2.45) is 0 Å². The molecule has 0 aliphatic rings. The van der Waals surface area contributed by atoms with Crippen molar-refractivity contribution < 1.29 is 4.79 Å². The predicted molar refractivity (Wildman–Crippen MR) is 92.4 cm³/mol. The summed E-state index contributed by atoms with van der Waals surface area (Å²) in [7, 11) is 0. The molecule has 0 aliphatic carbocycles. The minimum absolute atomic E-state index is 0.0693. The summed E-state index contributed by atoms with van der Waals surface area (Å²) in [6.07, 6.45) is 3.26. The summed E-state index contributed by atoms with van der Waals surface area (Å²) >= 11 is 0. The maximum absolute atomic E-state index is 12.3. The number of anilines is 1. The van der Waals surface area contributed by atoms with Crippen molar-refractivity contribution in [2.45, 2.75) is 27.3 Å². The van der Waals surface area contributed by atoms with Crippen molar-refractivity contribution in [3.8, 4) is 0 Å². The van der Waals surface area contributed by atoms with E-state index in [-0.39, 0.29) is 5.91 Å². The van der Waals surface area contributed by atoms with Gasteiger partial charge in [0.15, 0.2) is 0 Å².